The van der Waals surface area contributed by atoms with Crippen LogP contribution in [-0.2, 0) is 0 Å². The first-order chi connectivity index (χ1) is 12.7. The minimum absolute atomic E-state index is 0.252. The highest BCUT2D eigenvalue weighted by Gasteiger charge is 2.26. The molecule has 0 heterocycles. The zero-order valence-electron chi connectivity index (χ0n) is 17.3. The Kier molecular flexibility index (Phi) is 9.64. The van der Waals surface area contributed by atoms with Crippen LogP contribution >= 0.6 is 0 Å². The van der Waals surface area contributed by atoms with Gasteiger partial charge in [-0.1, -0.05) is 55.4 Å². The van der Waals surface area contributed by atoms with Crippen molar-refractivity contribution in [1.82, 2.24) is 0 Å². The van der Waals surface area contributed by atoms with E-state index in [1.54, 1.807) is 6.08 Å². The summed E-state index contributed by atoms with van der Waals surface area (Å²) in [6.45, 7) is 10.4. The van der Waals surface area contributed by atoms with Crippen molar-refractivity contribution in [3.05, 3.63) is 58.7 Å². The van der Waals surface area contributed by atoms with Crippen LogP contribution < -0.4 is 0 Å². The molecule has 0 bridgehead atoms. The normalized spacial score (nSPS) is 21.6. The SMILES string of the molecule is CC1=C(/C=C/C(C)=C/C=C/C(C)=C/C=NC(O)C(O)CO)C(C)(C)CCC1. The number of rotatable bonds is 8. The van der Waals surface area contributed by atoms with Crippen molar-refractivity contribution in [1.29, 1.82) is 0 Å². The summed E-state index contributed by atoms with van der Waals surface area (Å²) in [5.74, 6) is 0. The van der Waals surface area contributed by atoms with Crippen LogP contribution in [0.4, 0.5) is 0 Å². The molecule has 4 heteroatoms. The van der Waals surface area contributed by atoms with E-state index in [4.69, 9.17) is 5.11 Å². The summed E-state index contributed by atoms with van der Waals surface area (Å²) < 4.78 is 0. The first-order valence-electron chi connectivity index (χ1n) is 9.57. The molecule has 2 atom stereocenters. The van der Waals surface area contributed by atoms with Crippen molar-refractivity contribution in [2.45, 2.75) is 66.2 Å². The lowest BCUT2D eigenvalue weighted by atomic mass is 9.72. The van der Waals surface area contributed by atoms with E-state index in [2.05, 4.69) is 50.9 Å². The Balaban J connectivity index is 2.67. The van der Waals surface area contributed by atoms with Gasteiger partial charge in [0.05, 0.1) is 6.61 Å². The molecule has 1 rings (SSSR count). The van der Waals surface area contributed by atoms with Gasteiger partial charge >= 0.3 is 0 Å². The summed E-state index contributed by atoms with van der Waals surface area (Å²) in [6, 6.07) is 0. The molecule has 0 aromatic heterocycles. The molecule has 0 amide bonds. The summed E-state index contributed by atoms with van der Waals surface area (Å²) in [4.78, 5) is 3.76. The monoisotopic (exact) mass is 373 g/mol. The average molecular weight is 374 g/mol. The van der Waals surface area contributed by atoms with Crippen molar-refractivity contribution in [3.8, 4) is 0 Å². The smallest absolute Gasteiger partial charge is 0.173 e. The Bertz CT molecular complexity index is 663. The maximum Gasteiger partial charge on any atom is 0.173 e. The largest absolute Gasteiger partial charge is 0.393 e. The highest BCUT2D eigenvalue weighted by molar-refractivity contribution is 5.73. The van der Waals surface area contributed by atoms with Crippen LogP contribution in [0.2, 0.25) is 0 Å². The van der Waals surface area contributed by atoms with Gasteiger partial charge in [-0.05, 0) is 62.7 Å². The fraction of sp³-hybridized carbons (Fsp3) is 0.522. The maximum absolute atomic E-state index is 9.43. The van der Waals surface area contributed by atoms with Gasteiger partial charge in [0.25, 0.3) is 0 Å². The third-order valence-electron chi connectivity index (χ3n) is 4.88. The quantitative estimate of drug-likeness (QED) is 0.440. The van der Waals surface area contributed by atoms with Crippen LogP contribution in [-0.4, -0.2) is 40.5 Å². The van der Waals surface area contributed by atoms with E-state index in [0.717, 1.165) is 5.57 Å². The standard InChI is InChI=1S/C23H35NO3/c1-17(11-12-20-19(3)10-7-14-23(20,4)5)8-6-9-18(2)13-15-24-22(27)21(26)16-25/h6,8-9,11-13,15,21-22,25-27H,7,10,14,16H2,1-5H3/b9-6+,12-11+,17-8+,18-13+,24-15?. The Morgan fingerprint density at radius 2 is 1.81 bits per heavy atom. The number of aliphatic hydroxyl groups is 3. The molecular formula is C23H35NO3. The molecule has 150 valence electrons. The van der Waals surface area contributed by atoms with Gasteiger partial charge in [0.15, 0.2) is 6.23 Å². The molecule has 0 aliphatic heterocycles. The van der Waals surface area contributed by atoms with Crippen LogP contribution in [0.15, 0.2) is 63.7 Å². The fourth-order valence-electron chi connectivity index (χ4n) is 3.13. The van der Waals surface area contributed by atoms with E-state index >= 15 is 0 Å². The molecule has 0 saturated carbocycles. The van der Waals surface area contributed by atoms with Gasteiger partial charge in [-0.3, -0.25) is 4.99 Å². The molecule has 0 aromatic rings. The van der Waals surface area contributed by atoms with Crippen LogP contribution in [0.3, 0.4) is 0 Å². The topological polar surface area (TPSA) is 73.1 Å². The third-order valence-corrected chi connectivity index (χ3v) is 4.88. The molecule has 3 N–H and O–H groups in total. The average Bonchev–Trinajstić information content (AvgIpc) is 2.59. The molecule has 2 unspecified atom stereocenters. The van der Waals surface area contributed by atoms with Gasteiger partial charge < -0.3 is 15.3 Å². The highest BCUT2D eigenvalue weighted by atomic mass is 16.4. The van der Waals surface area contributed by atoms with E-state index in [9.17, 15) is 10.2 Å². The van der Waals surface area contributed by atoms with Gasteiger partial charge in [-0.2, -0.15) is 0 Å². The van der Waals surface area contributed by atoms with Crippen molar-refractivity contribution >= 4 is 6.21 Å². The number of aliphatic imine (C=N–C) groups is 1. The summed E-state index contributed by atoms with van der Waals surface area (Å²) in [5, 5.41) is 27.4. The summed E-state index contributed by atoms with van der Waals surface area (Å²) >= 11 is 0. The number of hydrogen-bond donors (Lipinski definition) is 3. The predicted molar refractivity (Wildman–Crippen MR) is 114 cm³/mol. The summed E-state index contributed by atoms with van der Waals surface area (Å²) in [5.41, 5.74) is 5.35. The molecule has 4 nitrogen and oxygen atoms in total. The second-order valence-electron chi connectivity index (χ2n) is 7.91. The molecule has 27 heavy (non-hydrogen) atoms. The highest BCUT2D eigenvalue weighted by Crippen LogP contribution is 2.40. The van der Waals surface area contributed by atoms with E-state index in [1.807, 2.05) is 19.1 Å². The van der Waals surface area contributed by atoms with Crippen LogP contribution in [0, 0.1) is 5.41 Å². The van der Waals surface area contributed by atoms with Gasteiger partial charge in [0, 0.05) is 6.21 Å². The van der Waals surface area contributed by atoms with Crippen LogP contribution in [0.5, 0.6) is 0 Å². The number of aliphatic hydroxyl groups excluding tert-OH is 3. The number of nitrogens with zero attached hydrogens (tertiary/aromatic N) is 1. The zero-order chi connectivity index (χ0) is 20.4. The molecule has 0 spiro atoms. The Morgan fingerprint density at radius 3 is 2.44 bits per heavy atom. The predicted octanol–water partition coefficient (Wildman–Crippen LogP) is 4.26. The van der Waals surface area contributed by atoms with E-state index in [0.29, 0.717) is 0 Å². The molecule has 1 aliphatic rings. The van der Waals surface area contributed by atoms with Crippen molar-refractivity contribution in [2.75, 3.05) is 6.61 Å². The van der Waals surface area contributed by atoms with Crippen LogP contribution in [0.1, 0.15) is 53.9 Å². The first-order valence-corrected chi connectivity index (χ1v) is 9.57. The van der Waals surface area contributed by atoms with Gasteiger partial charge in [0.2, 0.25) is 0 Å². The van der Waals surface area contributed by atoms with E-state index in [1.165, 1.54) is 42.2 Å². The Morgan fingerprint density at radius 1 is 1.15 bits per heavy atom. The maximum atomic E-state index is 9.43. The zero-order valence-corrected chi connectivity index (χ0v) is 17.3. The lowest BCUT2D eigenvalue weighted by Crippen LogP contribution is -2.27. The number of allylic oxidation sites excluding steroid dienone is 10. The Labute approximate surface area is 164 Å². The van der Waals surface area contributed by atoms with Crippen LogP contribution in [0.25, 0.3) is 0 Å². The molecule has 1 aliphatic carbocycles. The number of hydrogen-bond acceptors (Lipinski definition) is 4. The minimum Gasteiger partial charge on any atom is -0.393 e. The second kappa shape index (κ2) is 11.2. The molecule has 0 aromatic carbocycles. The molecule has 0 radical (unpaired) electrons. The van der Waals surface area contributed by atoms with Gasteiger partial charge in [0.1, 0.15) is 6.10 Å². The van der Waals surface area contributed by atoms with Gasteiger partial charge in [-0.25, -0.2) is 0 Å². The third kappa shape index (κ3) is 8.21. The second-order valence-corrected chi connectivity index (χ2v) is 7.91. The molecule has 0 fully saturated rings. The molecule has 0 saturated heterocycles. The lowest BCUT2D eigenvalue weighted by Gasteiger charge is -2.32. The van der Waals surface area contributed by atoms with E-state index in [-0.39, 0.29) is 5.41 Å². The minimum atomic E-state index is -1.31. The van der Waals surface area contributed by atoms with Crippen molar-refractivity contribution < 1.29 is 15.3 Å². The van der Waals surface area contributed by atoms with E-state index < -0.39 is 18.9 Å². The van der Waals surface area contributed by atoms with Crippen molar-refractivity contribution in [3.63, 3.8) is 0 Å². The first kappa shape index (κ1) is 23.3. The lowest BCUT2D eigenvalue weighted by molar-refractivity contribution is -0.00868. The summed E-state index contributed by atoms with van der Waals surface area (Å²) in [7, 11) is 0. The summed E-state index contributed by atoms with van der Waals surface area (Å²) in [6.07, 6.45) is 14.7. The van der Waals surface area contributed by atoms with Gasteiger partial charge in [-0.15, -0.1) is 0 Å². The molecular weight excluding hydrogens is 338 g/mol. The Hall–Kier alpha value is -1.75. The van der Waals surface area contributed by atoms with Crippen molar-refractivity contribution in [2.24, 2.45) is 10.4 Å². The fourth-order valence-corrected chi connectivity index (χ4v) is 3.13.